The Hall–Kier alpha value is -2.71. The van der Waals surface area contributed by atoms with Gasteiger partial charge in [0.15, 0.2) is 11.0 Å². The van der Waals surface area contributed by atoms with Gasteiger partial charge in [-0.05, 0) is 36.8 Å². The van der Waals surface area contributed by atoms with Crippen LogP contribution in [-0.2, 0) is 18.4 Å². The maximum Gasteiger partial charge on any atom is 0.234 e. The second-order valence-electron chi connectivity index (χ2n) is 6.22. The van der Waals surface area contributed by atoms with Gasteiger partial charge in [0, 0.05) is 7.05 Å². The number of hydrogen-bond donors (Lipinski definition) is 1. The lowest BCUT2D eigenvalue weighted by molar-refractivity contribution is -0.113. The number of halogens is 1. The number of thioether (sulfide) groups is 1. The molecule has 1 heterocycles. The summed E-state index contributed by atoms with van der Waals surface area (Å²) in [5.41, 5.74) is 1.68. The predicted molar refractivity (Wildman–Crippen MR) is 114 cm³/mol. The lowest BCUT2D eigenvalue weighted by Crippen LogP contribution is -2.15. The van der Waals surface area contributed by atoms with Gasteiger partial charge in [0.25, 0.3) is 0 Å². The number of carbonyl (C=O) groups excluding carboxylic acids is 1. The number of carbonyl (C=O) groups is 1. The van der Waals surface area contributed by atoms with E-state index in [1.54, 1.807) is 29.9 Å². The summed E-state index contributed by atoms with van der Waals surface area (Å²) in [6.45, 7) is 2.19. The number of methoxy groups -OCH3 is 1. The highest BCUT2D eigenvalue weighted by atomic mass is 35.5. The van der Waals surface area contributed by atoms with Gasteiger partial charge in [-0.1, -0.05) is 41.6 Å². The Bertz CT molecular complexity index is 1010. The normalized spacial score (nSPS) is 10.6. The molecule has 2 aromatic carbocycles. The highest BCUT2D eigenvalue weighted by Crippen LogP contribution is 2.27. The van der Waals surface area contributed by atoms with Crippen LogP contribution in [0.4, 0.5) is 5.69 Å². The first-order valence-corrected chi connectivity index (χ1v) is 10.2. The van der Waals surface area contributed by atoms with Crippen molar-refractivity contribution in [3.63, 3.8) is 0 Å². The van der Waals surface area contributed by atoms with Crippen molar-refractivity contribution in [1.29, 1.82) is 0 Å². The maximum atomic E-state index is 12.3. The van der Waals surface area contributed by atoms with Crippen LogP contribution < -0.4 is 14.8 Å². The minimum absolute atomic E-state index is 0.160. The number of rotatable bonds is 8. The van der Waals surface area contributed by atoms with Gasteiger partial charge in [-0.15, -0.1) is 10.2 Å². The Kier molecular flexibility index (Phi) is 7.00. The van der Waals surface area contributed by atoms with E-state index in [2.05, 4.69) is 15.5 Å². The van der Waals surface area contributed by atoms with Crippen LogP contribution in [0.5, 0.6) is 11.5 Å². The maximum absolute atomic E-state index is 12.3. The molecule has 1 amide bonds. The number of aryl methyl sites for hydroxylation is 1. The molecule has 29 heavy (non-hydrogen) atoms. The largest absolute Gasteiger partial charge is 0.495 e. The molecular weight excluding hydrogens is 412 g/mol. The van der Waals surface area contributed by atoms with Crippen molar-refractivity contribution in [1.82, 2.24) is 14.8 Å². The molecule has 0 radical (unpaired) electrons. The third kappa shape index (κ3) is 5.42. The molecule has 0 aliphatic carbocycles. The Morgan fingerprint density at radius 2 is 2.00 bits per heavy atom. The first-order valence-electron chi connectivity index (χ1n) is 8.81. The number of anilines is 1. The highest BCUT2D eigenvalue weighted by Gasteiger charge is 2.14. The number of amides is 1. The van der Waals surface area contributed by atoms with E-state index in [4.69, 9.17) is 21.1 Å². The quantitative estimate of drug-likeness (QED) is 0.540. The number of nitrogens with one attached hydrogen (secondary N) is 1. The van der Waals surface area contributed by atoms with E-state index < -0.39 is 0 Å². The van der Waals surface area contributed by atoms with Gasteiger partial charge in [0.1, 0.15) is 18.1 Å². The lowest BCUT2D eigenvalue weighted by Gasteiger charge is -2.10. The first-order chi connectivity index (χ1) is 14.0. The molecular formula is C20H21ClN4O3S. The first kappa shape index (κ1) is 21.0. The summed E-state index contributed by atoms with van der Waals surface area (Å²) in [5.74, 6) is 1.87. The van der Waals surface area contributed by atoms with Gasteiger partial charge in [-0.2, -0.15) is 0 Å². The molecule has 7 nitrogen and oxygen atoms in total. The van der Waals surface area contributed by atoms with Crippen LogP contribution in [-0.4, -0.2) is 33.5 Å². The zero-order chi connectivity index (χ0) is 20.8. The molecule has 0 atom stereocenters. The van der Waals surface area contributed by atoms with Crippen LogP contribution >= 0.6 is 23.4 Å². The zero-order valence-corrected chi connectivity index (χ0v) is 17.9. The second-order valence-corrected chi connectivity index (χ2v) is 7.57. The summed E-state index contributed by atoms with van der Waals surface area (Å²) in [4.78, 5) is 12.3. The van der Waals surface area contributed by atoms with Crippen LogP contribution in [0.15, 0.2) is 47.6 Å². The summed E-state index contributed by atoms with van der Waals surface area (Å²) in [5, 5.41) is 12.3. The number of hydrogen-bond acceptors (Lipinski definition) is 6. The summed E-state index contributed by atoms with van der Waals surface area (Å²) in [6.07, 6.45) is 0. The molecule has 0 unspecified atom stereocenters. The third-order valence-electron chi connectivity index (χ3n) is 4.08. The van der Waals surface area contributed by atoms with Crippen LogP contribution in [0.2, 0.25) is 5.02 Å². The molecule has 0 saturated carbocycles. The van der Waals surface area contributed by atoms with E-state index in [0.717, 1.165) is 5.56 Å². The highest BCUT2D eigenvalue weighted by molar-refractivity contribution is 7.99. The molecule has 1 aromatic heterocycles. The number of ether oxygens (including phenoxy) is 2. The Balaban J connectivity index is 1.56. The van der Waals surface area contributed by atoms with E-state index in [1.165, 1.54) is 11.8 Å². The predicted octanol–water partition coefficient (Wildman–Crippen LogP) is 4.10. The Labute approximate surface area is 178 Å². The van der Waals surface area contributed by atoms with Gasteiger partial charge in [-0.3, -0.25) is 4.79 Å². The number of benzene rings is 2. The summed E-state index contributed by atoms with van der Waals surface area (Å²) in [6, 6.07) is 12.8. The average molecular weight is 433 g/mol. The van der Waals surface area contributed by atoms with Gasteiger partial charge >= 0.3 is 0 Å². The van der Waals surface area contributed by atoms with Crippen molar-refractivity contribution < 1.29 is 14.3 Å². The summed E-state index contributed by atoms with van der Waals surface area (Å²) >= 11 is 7.45. The summed E-state index contributed by atoms with van der Waals surface area (Å²) < 4.78 is 12.8. The van der Waals surface area contributed by atoms with E-state index in [1.807, 2.05) is 38.2 Å². The lowest BCUT2D eigenvalue weighted by atomic mass is 10.2. The number of para-hydroxylation sites is 2. The van der Waals surface area contributed by atoms with Crippen LogP contribution in [0.25, 0.3) is 0 Å². The molecule has 0 aliphatic rings. The summed E-state index contributed by atoms with van der Waals surface area (Å²) in [7, 11) is 3.39. The van der Waals surface area contributed by atoms with E-state index in [-0.39, 0.29) is 18.3 Å². The van der Waals surface area contributed by atoms with Crippen molar-refractivity contribution in [2.75, 3.05) is 18.2 Å². The Morgan fingerprint density at radius 3 is 2.79 bits per heavy atom. The fraction of sp³-hybridized carbons (Fsp3) is 0.250. The van der Waals surface area contributed by atoms with Crippen molar-refractivity contribution in [2.45, 2.75) is 18.7 Å². The molecule has 9 heteroatoms. The molecule has 0 aliphatic heterocycles. The molecule has 3 aromatic rings. The van der Waals surface area contributed by atoms with Crippen LogP contribution in [0, 0.1) is 6.92 Å². The minimum atomic E-state index is -0.160. The molecule has 152 valence electrons. The fourth-order valence-corrected chi connectivity index (χ4v) is 3.43. The molecule has 1 N–H and O–H groups in total. The van der Waals surface area contributed by atoms with Crippen LogP contribution in [0.1, 0.15) is 11.4 Å². The smallest absolute Gasteiger partial charge is 0.234 e. The molecule has 0 fully saturated rings. The molecule has 0 saturated heterocycles. The van der Waals surface area contributed by atoms with E-state index >= 15 is 0 Å². The second kappa shape index (κ2) is 9.67. The van der Waals surface area contributed by atoms with Crippen molar-refractivity contribution in [3.8, 4) is 11.5 Å². The van der Waals surface area contributed by atoms with Gasteiger partial charge in [0.2, 0.25) is 5.91 Å². The zero-order valence-electron chi connectivity index (χ0n) is 16.3. The van der Waals surface area contributed by atoms with Crippen molar-refractivity contribution in [2.24, 2.45) is 7.05 Å². The van der Waals surface area contributed by atoms with E-state index in [9.17, 15) is 4.79 Å². The Morgan fingerprint density at radius 1 is 1.21 bits per heavy atom. The average Bonchev–Trinajstić information content (AvgIpc) is 3.07. The van der Waals surface area contributed by atoms with Gasteiger partial charge in [0.05, 0.1) is 23.6 Å². The topological polar surface area (TPSA) is 78.3 Å². The van der Waals surface area contributed by atoms with Crippen molar-refractivity contribution >= 4 is 35.0 Å². The minimum Gasteiger partial charge on any atom is -0.495 e. The molecule has 0 spiro atoms. The third-order valence-corrected chi connectivity index (χ3v) is 5.41. The fourth-order valence-electron chi connectivity index (χ4n) is 2.52. The standard InChI is InChI=1S/C20H21ClN4O3S/c1-13-8-9-14(21)17(10-13)28-11-18-23-24-20(25(18)2)29-12-19(26)22-15-6-4-5-7-16(15)27-3/h4-10H,11-12H2,1-3H3,(H,22,26). The molecule has 3 rings (SSSR count). The van der Waals surface area contributed by atoms with E-state index in [0.29, 0.717) is 33.2 Å². The SMILES string of the molecule is COc1ccccc1NC(=O)CSc1nnc(COc2cc(C)ccc2Cl)n1C. The monoisotopic (exact) mass is 432 g/mol. The van der Waals surface area contributed by atoms with Gasteiger partial charge in [-0.25, -0.2) is 0 Å². The molecule has 0 bridgehead atoms. The van der Waals surface area contributed by atoms with Gasteiger partial charge < -0.3 is 19.4 Å². The number of nitrogens with zero attached hydrogens (tertiary/aromatic N) is 3. The van der Waals surface area contributed by atoms with Crippen LogP contribution in [0.3, 0.4) is 0 Å². The number of aromatic nitrogens is 3. The van der Waals surface area contributed by atoms with Crippen molar-refractivity contribution in [3.05, 3.63) is 58.9 Å².